The lowest BCUT2D eigenvalue weighted by atomic mass is 9.98. The van der Waals surface area contributed by atoms with Crippen LogP contribution in [0.1, 0.15) is 41.3 Å². The number of carbonyl (C=O) groups is 1. The molecule has 2 aromatic carbocycles. The van der Waals surface area contributed by atoms with Gasteiger partial charge in [0.25, 0.3) is 0 Å². The maximum absolute atomic E-state index is 11.3. The van der Waals surface area contributed by atoms with E-state index < -0.39 is 5.97 Å². The lowest BCUT2D eigenvalue weighted by molar-refractivity contribution is 0.0696. The second kappa shape index (κ2) is 7.68. The molecule has 1 N–H and O–H groups in total. The fourth-order valence-electron chi connectivity index (χ4n) is 2.40. The number of ether oxygens (including phenoxy) is 2. The Morgan fingerprint density at radius 3 is 2.43 bits per heavy atom. The molecule has 0 saturated carbocycles. The molecule has 0 unspecified atom stereocenters. The number of carboxylic acid groups (broad SMARTS) is 1. The first kappa shape index (κ1) is 16.9. The Labute approximate surface area is 136 Å². The Morgan fingerprint density at radius 2 is 1.87 bits per heavy atom. The van der Waals surface area contributed by atoms with Gasteiger partial charge in [0, 0.05) is 12.0 Å². The smallest absolute Gasteiger partial charge is 0.335 e. The summed E-state index contributed by atoms with van der Waals surface area (Å²) in [5.74, 6) is 0.251. The van der Waals surface area contributed by atoms with Crippen molar-refractivity contribution in [2.24, 2.45) is 0 Å². The van der Waals surface area contributed by atoms with Crippen LogP contribution < -0.4 is 9.47 Å². The molecule has 0 bridgehead atoms. The maximum atomic E-state index is 11.3. The van der Waals surface area contributed by atoms with E-state index in [0.717, 1.165) is 12.0 Å². The molecule has 122 valence electrons. The number of hydrogen-bond donors (Lipinski definition) is 1. The van der Waals surface area contributed by atoms with Crippen LogP contribution in [0.25, 0.3) is 0 Å². The number of methoxy groups -OCH3 is 1. The highest BCUT2D eigenvalue weighted by molar-refractivity contribution is 5.89. The molecule has 0 aliphatic heterocycles. The Kier molecular flexibility index (Phi) is 5.63. The van der Waals surface area contributed by atoms with Crippen molar-refractivity contribution < 1.29 is 19.4 Å². The van der Waals surface area contributed by atoms with Crippen LogP contribution >= 0.6 is 0 Å². The highest BCUT2D eigenvalue weighted by Crippen LogP contribution is 2.37. The Bertz CT molecular complexity index is 663. The van der Waals surface area contributed by atoms with Gasteiger partial charge in [-0.25, -0.2) is 4.79 Å². The molecule has 2 rings (SSSR count). The summed E-state index contributed by atoms with van der Waals surface area (Å²) >= 11 is 0. The first-order chi connectivity index (χ1) is 11.0. The average molecular weight is 314 g/mol. The topological polar surface area (TPSA) is 55.8 Å². The number of carboxylic acids is 1. The Balaban J connectivity index is 2.23. The maximum Gasteiger partial charge on any atom is 0.335 e. The van der Waals surface area contributed by atoms with Crippen molar-refractivity contribution in [2.75, 3.05) is 13.7 Å². The zero-order valence-electron chi connectivity index (χ0n) is 13.7. The van der Waals surface area contributed by atoms with Crippen LogP contribution in [0.15, 0.2) is 42.5 Å². The predicted octanol–water partition coefficient (Wildman–Crippen LogP) is 4.14. The third-order valence-electron chi connectivity index (χ3n) is 3.65. The van der Waals surface area contributed by atoms with Crippen LogP contribution in [0.2, 0.25) is 0 Å². The van der Waals surface area contributed by atoms with E-state index in [1.54, 1.807) is 6.07 Å². The lowest BCUT2D eigenvalue weighted by Crippen LogP contribution is -2.08. The van der Waals surface area contributed by atoms with Gasteiger partial charge in [-0.05, 0) is 23.6 Å². The van der Waals surface area contributed by atoms with Gasteiger partial charge in [-0.15, -0.1) is 0 Å². The molecule has 0 aromatic heterocycles. The zero-order chi connectivity index (χ0) is 16.8. The molecule has 23 heavy (non-hydrogen) atoms. The van der Waals surface area contributed by atoms with E-state index in [1.165, 1.54) is 18.7 Å². The summed E-state index contributed by atoms with van der Waals surface area (Å²) in [5.41, 5.74) is 2.25. The van der Waals surface area contributed by atoms with Gasteiger partial charge in [-0.1, -0.05) is 44.2 Å². The monoisotopic (exact) mass is 314 g/mol. The van der Waals surface area contributed by atoms with Crippen LogP contribution in [-0.2, 0) is 6.42 Å². The first-order valence-corrected chi connectivity index (χ1v) is 7.65. The standard InChI is InChI=1S/C19H22O4/c1-13(2)16-11-15(19(20)21)12-17(22-3)18(16)23-10-9-14-7-5-4-6-8-14/h4-8,11-13H,9-10H2,1-3H3,(H,20,21). The fraction of sp³-hybridized carbons (Fsp3) is 0.316. The van der Waals surface area contributed by atoms with Gasteiger partial charge in [-0.2, -0.15) is 0 Å². The second-order valence-electron chi connectivity index (χ2n) is 5.64. The van der Waals surface area contributed by atoms with Gasteiger partial charge in [-0.3, -0.25) is 0 Å². The van der Waals surface area contributed by atoms with Crippen molar-refractivity contribution in [3.05, 3.63) is 59.2 Å². The summed E-state index contributed by atoms with van der Waals surface area (Å²) < 4.78 is 11.3. The third-order valence-corrected chi connectivity index (χ3v) is 3.65. The molecule has 0 fully saturated rings. The van der Waals surface area contributed by atoms with E-state index in [-0.39, 0.29) is 11.5 Å². The zero-order valence-corrected chi connectivity index (χ0v) is 13.7. The number of rotatable bonds is 7. The van der Waals surface area contributed by atoms with Gasteiger partial charge in [0.1, 0.15) is 0 Å². The van der Waals surface area contributed by atoms with Crippen LogP contribution in [0.4, 0.5) is 0 Å². The summed E-state index contributed by atoms with van der Waals surface area (Å²) in [6.07, 6.45) is 0.780. The highest BCUT2D eigenvalue weighted by atomic mass is 16.5. The van der Waals surface area contributed by atoms with Gasteiger partial charge in [0.15, 0.2) is 11.5 Å². The van der Waals surface area contributed by atoms with E-state index in [2.05, 4.69) is 12.1 Å². The summed E-state index contributed by atoms with van der Waals surface area (Å²) in [4.78, 5) is 11.3. The quantitative estimate of drug-likeness (QED) is 0.834. The molecule has 0 aliphatic carbocycles. The molecule has 0 heterocycles. The van der Waals surface area contributed by atoms with E-state index >= 15 is 0 Å². The predicted molar refractivity (Wildman–Crippen MR) is 89.7 cm³/mol. The molecule has 0 atom stereocenters. The molecule has 0 radical (unpaired) electrons. The van der Waals surface area contributed by atoms with Crippen molar-refractivity contribution >= 4 is 5.97 Å². The summed E-state index contributed by atoms with van der Waals surface area (Å²) in [6, 6.07) is 13.2. The first-order valence-electron chi connectivity index (χ1n) is 7.65. The molecule has 0 saturated heterocycles. The third kappa shape index (κ3) is 4.25. The fourth-order valence-corrected chi connectivity index (χ4v) is 2.40. The molecule has 4 heteroatoms. The minimum atomic E-state index is -0.971. The van der Waals surface area contributed by atoms with Crippen molar-refractivity contribution in [3.63, 3.8) is 0 Å². The molecule has 0 aliphatic rings. The minimum absolute atomic E-state index is 0.134. The summed E-state index contributed by atoms with van der Waals surface area (Å²) in [5, 5.41) is 9.23. The van der Waals surface area contributed by atoms with Crippen molar-refractivity contribution in [2.45, 2.75) is 26.2 Å². The molecule has 4 nitrogen and oxygen atoms in total. The summed E-state index contributed by atoms with van der Waals surface area (Å²) in [7, 11) is 1.52. The minimum Gasteiger partial charge on any atom is -0.493 e. The van der Waals surface area contributed by atoms with Crippen molar-refractivity contribution in [3.8, 4) is 11.5 Å². The normalized spacial score (nSPS) is 10.6. The van der Waals surface area contributed by atoms with E-state index in [9.17, 15) is 9.90 Å². The van der Waals surface area contributed by atoms with Crippen molar-refractivity contribution in [1.29, 1.82) is 0 Å². The molecule has 0 amide bonds. The van der Waals surface area contributed by atoms with E-state index in [4.69, 9.17) is 9.47 Å². The van der Waals surface area contributed by atoms with Gasteiger partial charge in [0.2, 0.25) is 0 Å². The van der Waals surface area contributed by atoms with Crippen LogP contribution in [0.3, 0.4) is 0 Å². The van der Waals surface area contributed by atoms with Gasteiger partial charge in [0.05, 0.1) is 19.3 Å². The summed E-state index contributed by atoms with van der Waals surface area (Å²) in [6.45, 7) is 4.52. The number of hydrogen-bond acceptors (Lipinski definition) is 3. The highest BCUT2D eigenvalue weighted by Gasteiger charge is 2.18. The lowest BCUT2D eigenvalue weighted by Gasteiger charge is -2.18. The molecule has 2 aromatic rings. The van der Waals surface area contributed by atoms with Crippen molar-refractivity contribution in [1.82, 2.24) is 0 Å². The van der Waals surface area contributed by atoms with Crippen LogP contribution in [-0.4, -0.2) is 24.8 Å². The molecular weight excluding hydrogens is 292 g/mol. The molecule has 0 spiro atoms. The average Bonchev–Trinajstić information content (AvgIpc) is 2.55. The van der Waals surface area contributed by atoms with Crippen LogP contribution in [0, 0.1) is 0 Å². The Morgan fingerprint density at radius 1 is 1.17 bits per heavy atom. The van der Waals surface area contributed by atoms with E-state index in [0.29, 0.717) is 18.1 Å². The van der Waals surface area contributed by atoms with E-state index in [1.807, 2.05) is 32.0 Å². The van der Waals surface area contributed by atoms with Crippen LogP contribution in [0.5, 0.6) is 11.5 Å². The van der Waals surface area contributed by atoms with Gasteiger partial charge < -0.3 is 14.6 Å². The largest absolute Gasteiger partial charge is 0.493 e. The second-order valence-corrected chi connectivity index (χ2v) is 5.64. The van der Waals surface area contributed by atoms with Gasteiger partial charge >= 0.3 is 5.97 Å². The molecular formula is C19H22O4. The number of aromatic carboxylic acids is 1. The SMILES string of the molecule is COc1cc(C(=O)O)cc(C(C)C)c1OCCc1ccccc1. The number of benzene rings is 2. The Hall–Kier alpha value is -2.49.